The molecule has 0 amide bonds. The van der Waals surface area contributed by atoms with Gasteiger partial charge in [-0.2, -0.15) is 0 Å². The van der Waals surface area contributed by atoms with E-state index in [9.17, 15) is 0 Å². The van der Waals surface area contributed by atoms with E-state index in [2.05, 4.69) is 17.3 Å². The van der Waals surface area contributed by atoms with E-state index in [1.807, 2.05) is 7.11 Å². The lowest BCUT2D eigenvalue weighted by Gasteiger charge is -2.42. The normalized spacial score (nSPS) is 31.9. The zero-order valence-electron chi connectivity index (χ0n) is 12.9. The van der Waals surface area contributed by atoms with Crippen LogP contribution in [0.2, 0.25) is 0 Å². The Hall–Kier alpha value is -0.120. The van der Waals surface area contributed by atoms with Gasteiger partial charge in [0.1, 0.15) is 0 Å². The number of nitrogens with one attached hydrogen (secondary N) is 1. The van der Waals surface area contributed by atoms with Crippen molar-refractivity contribution < 1.29 is 4.74 Å². The Labute approximate surface area is 119 Å². The molecular weight excluding hydrogens is 236 g/mol. The molecule has 0 bridgehead atoms. The molecule has 1 heterocycles. The highest BCUT2D eigenvalue weighted by Crippen LogP contribution is 2.26. The van der Waals surface area contributed by atoms with Gasteiger partial charge in [-0.1, -0.05) is 25.7 Å². The van der Waals surface area contributed by atoms with Crippen LogP contribution in [0.4, 0.5) is 0 Å². The minimum atomic E-state index is 0.708. The van der Waals surface area contributed by atoms with Crippen LogP contribution in [0.15, 0.2) is 0 Å². The summed E-state index contributed by atoms with van der Waals surface area (Å²) in [7, 11) is 3.98. The van der Waals surface area contributed by atoms with Gasteiger partial charge in [0.2, 0.25) is 0 Å². The van der Waals surface area contributed by atoms with E-state index in [1.165, 1.54) is 64.5 Å². The molecule has 0 aromatic rings. The average molecular weight is 268 g/mol. The molecule has 3 heteroatoms. The zero-order valence-corrected chi connectivity index (χ0v) is 12.9. The molecular formula is C16H32N2O. The van der Waals surface area contributed by atoms with Crippen molar-refractivity contribution in [3.63, 3.8) is 0 Å². The zero-order chi connectivity index (χ0) is 13.5. The molecule has 112 valence electrons. The van der Waals surface area contributed by atoms with E-state index in [0.29, 0.717) is 6.04 Å². The molecule has 0 aromatic carbocycles. The van der Waals surface area contributed by atoms with E-state index < -0.39 is 0 Å². The molecule has 0 radical (unpaired) electrons. The Morgan fingerprint density at radius 3 is 2.32 bits per heavy atom. The largest absolute Gasteiger partial charge is 0.384 e. The van der Waals surface area contributed by atoms with Crippen LogP contribution in [0, 0.1) is 5.92 Å². The van der Waals surface area contributed by atoms with Crippen LogP contribution in [0.25, 0.3) is 0 Å². The van der Waals surface area contributed by atoms with Crippen molar-refractivity contribution in [1.82, 2.24) is 10.2 Å². The fraction of sp³-hybridized carbons (Fsp3) is 1.00. The number of rotatable bonds is 4. The lowest BCUT2D eigenvalue weighted by molar-refractivity contribution is 0.0614. The van der Waals surface area contributed by atoms with Crippen LogP contribution in [0.3, 0.4) is 0 Å². The Morgan fingerprint density at radius 2 is 1.68 bits per heavy atom. The first-order chi connectivity index (χ1) is 9.35. The van der Waals surface area contributed by atoms with E-state index in [4.69, 9.17) is 4.74 Å². The highest BCUT2D eigenvalue weighted by atomic mass is 16.5. The quantitative estimate of drug-likeness (QED) is 0.848. The second kappa shape index (κ2) is 8.23. The molecule has 3 nitrogen and oxygen atoms in total. The summed E-state index contributed by atoms with van der Waals surface area (Å²) < 4.78 is 5.31. The number of hydrogen-bond acceptors (Lipinski definition) is 3. The van der Waals surface area contributed by atoms with Gasteiger partial charge in [-0.25, -0.2) is 0 Å². The van der Waals surface area contributed by atoms with Crippen molar-refractivity contribution in [2.45, 2.75) is 63.5 Å². The molecule has 0 aromatic heterocycles. The first-order valence-corrected chi connectivity index (χ1v) is 8.25. The Kier molecular flexibility index (Phi) is 6.62. The number of piperidine rings is 1. The molecule has 1 aliphatic heterocycles. The molecule has 1 aliphatic carbocycles. The van der Waals surface area contributed by atoms with Gasteiger partial charge in [0, 0.05) is 25.8 Å². The molecule has 2 atom stereocenters. The highest BCUT2D eigenvalue weighted by molar-refractivity contribution is 4.87. The number of hydrogen-bond donors (Lipinski definition) is 1. The highest BCUT2D eigenvalue weighted by Gasteiger charge is 2.30. The predicted molar refractivity (Wildman–Crippen MR) is 80.5 cm³/mol. The third kappa shape index (κ3) is 4.44. The molecule has 1 N–H and O–H groups in total. The number of ether oxygens (including phenoxy) is 1. The minimum Gasteiger partial charge on any atom is -0.384 e. The maximum absolute atomic E-state index is 5.31. The molecule has 19 heavy (non-hydrogen) atoms. The van der Waals surface area contributed by atoms with Gasteiger partial charge in [0.25, 0.3) is 0 Å². The van der Waals surface area contributed by atoms with Crippen LogP contribution in [0.5, 0.6) is 0 Å². The molecule has 2 aliphatic rings. The van der Waals surface area contributed by atoms with Gasteiger partial charge in [0.05, 0.1) is 0 Å². The fourth-order valence-corrected chi connectivity index (χ4v) is 3.93. The number of likely N-dealkylation sites (tertiary alicyclic amines) is 1. The van der Waals surface area contributed by atoms with E-state index in [0.717, 1.165) is 18.6 Å². The number of nitrogens with zero attached hydrogens (tertiary/aromatic N) is 1. The van der Waals surface area contributed by atoms with Crippen molar-refractivity contribution in [3.05, 3.63) is 0 Å². The van der Waals surface area contributed by atoms with Gasteiger partial charge in [0.15, 0.2) is 0 Å². The summed E-state index contributed by atoms with van der Waals surface area (Å²) in [5, 5.41) is 3.59. The summed E-state index contributed by atoms with van der Waals surface area (Å²) in [6.45, 7) is 3.50. The van der Waals surface area contributed by atoms with Crippen LogP contribution >= 0.6 is 0 Å². The minimum absolute atomic E-state index is 0.708. The third-order valence-electron chi connectivity index (χ3n) is 5.12. The maximum atomic E-state index is 5.31. The lowest BCUT2D eigenvalue weighted by Crippen LogP contribution is -2.52. The van der Waals surface area contributed by atoms with Crippen LogP contribution in [0.1, 0.15) is 51.4 Å². The molecule has 2 unspecified atom stereocenters. The first kappa shape index (κ1) is 15.3. The first-order valence-electron chi connectivity index (χ1n) is 8.25. The fourth-order valence-electron chi connectivity index (χ4n) is 3.93. The third-order valence-corrected chi connectivity index (χ3v) is 5.12. The van der Waals surface area contributed by atoms with Gasteiger partial charge >= 0.3 is 0 Å². The van der Waals surface area contributed by atoms with E-state index in [-0.39, 0.29) is 0 Å². The second-order valence-corrected chi connectivity index (χ2v) is 6.39. The average Bonchev–Trinajstić information content (AvgIpc) is 2.41. The number of methoxy groups -OCH3 is 1. The summed E-state index contributed by atoms with van der Waals surface area (Å²) in [5.41, 5.74) is 0. The topological polar surface area (TPSA) is 24.5 Å². The Morgan fingerprint density at radius 1 is 1.00 bits per heavy atom. The van der Waals surface area contributed by atoms with Crippen molar-refractivity contribution in [1.29, 1.82) is 0 Å². The monoisotopic (exact) mass is 268 g/mol. The molecule has 0 spiro atoms. The summed E-state index contributed by atoms with van der Waals surface area (Å²) in [4.78, 5) is 2.76. The second-order valence-electron chi connectivity index (χ2n) is 6.39. The van der Waals surface area contributed by atoms with Crippen LogP contribution < -0.4 is 5.32 Å². The Balaban J connectivity index is 1.87. The summed E-state index contributed by atoms with van der Waals surface area (Å²) in [5.74, 6) is 0.794. The van der Waals surface area contributed by atoms with E-state index in [1.54, 1.807) is 0 Å². The molecule has 1 saturated carbocycles. The Bertz CT molecular complexity index is 239. The summed E-state index contributed by atoms with van der Waals surface area (Å²) >= 11 is 0. The summed E-state index contributed by atoms with van der Waals surface area (Å²) in [6.07, 6.45) is 11.1. The van der Waals surface area contributed by atoms with E-state index >= 15 is 0 Å². The van der Waals surface area contributed by atoms with Gasteiger partial charge in [-0.05, 0) is 51.7 Å². The van der Waals surface area contributed by atoms with Crippen molar-refractivity contribution in [2.75, 3.05) is 33.9 Å². The molecule has 1 saturated heterocycles. The van der Waals surface area contributed by atoms with Crippen molar-refractivity contribution >= 4 is 0 Å². The predicted octanol–water partition coefficient (Wildman–Crippen LogP) is 2.66. The van der Waals surface area contributed by atoms with Crippen molar-refractivity contribution in [2.24, 2.45) is 5.92 Å². The molecule has 2 rings (SSSR count). The summed E-state index contributed by atoms with van der Waals surface area (Å²) in [6, 6.07) is 1.48. The lowest BCUT2D eigenvalue weighted by atomic mass is 9.88. The molecule has 2 fully saturated rings. The smallest absolute Gasteiger partial charge is 0.0491 e. The van der Waals surface area contributed by atoms with Crippen molar-refractivity contribution in [3.8, 4) is 0 Å². The van der Waals surface area contributed by atoms with Crippen LogP contribution in [-0.4, -0.2) is 50.8 Å². The standard InChI is InChI=1S/C16H32N2O/c1-17-15-7-5-3-4-6-8-16(15)18-11-9-14(10-12-18)13-19-2/h14-17H,3-13H2,1-2H3. The van der Waals surface area contributed by atoms with Crippen LogP contribution in [-0.2, 0) is 4.74 Å². The number of likely N-dealkylation sites (N-methyl/N-ethyl adjacent to an activating group) is 1. The van der Waals surface area contributed by atoms with Gasteiger partial charge in [-0.3, -0.25) is 4.90 Å². The maximum Gasteiger partial charge on any atom is 0.0491 e. The van der Waals surface area contributed by atoms with Gasteiger partial charge < -0.3 is 10.1 Å². The van der Waals surface area contributed by atoms with Gasteiger partial charge in [-0.15, -0.1) is 0 Å². The SMILES string of the molecule is CNC1CCCCCCC1N1CCC(COC)CC1.